The van der Waals surface area contributed by atoms with Crippen LogP contribution in [-0.4, -0.2) is 52.4 Å². The molecule has 0 aliphatic carbocycles. The van der Waals surface area contributed by atoms with Gasteiger partial charge >= 0.3 is 6.03 Å². The second kappa shape index (κ2) is 10.6. The molecule has 2 amide bonds. The number of amides is 2. The first-order valence-corrected chi connectivity index (χ1v) is 11.6. The van der Waals surface area contributed by atoms with Gasteiger partial charge in [0.1, 0.15) is 5.82 Å². The van der Waals surface area contributed by atoms with Crippen LogP contribution in [0.2, 0.25) is 0 Å². The fourth-order valence-corrected chi connectivity index (χ4v) is 4.24. The maximum atomic E-state index is 13.9. The molecular weight excluding hydrogens is 461 g/mol. The Hall–Kier alpha value is -4.24. The third-order valence-corrected chi connectivity index (χ3v) is 6.16. The summed E-state index contributed by atoms with van der Waals surface area (Å²) in [5.41, 5.74) is 3.64. The number of urea groups is 1. The van der Waals surface area contributed by atoms with Crippen molar-refractivity contribution in [1.82, 2.24) is 20.1 Å². The lowest BCUT2D eigenvalue weighted by atomic mass is 10.1. The van der Waals surface area contributed by atoms with Crippen LogP contribution in [0.15, 0.2) is 79.3 Å². The summed E-state index contributed by atoms with van der Waals surface area (Å²) in [6, 6.07) is 17.9. The van der Waals surface area contributed by atoms with Crippen LogP contribution in [0.3, 0.4) is 0 Å². The van der Waals surface area contributed by atoms with Gasteiger partial charge < -0.3 is 14.4 Å². The number of hydrogen-bond donors (Lipinski definition) is 1. The normalized spacial score (nSPS) is 15.5. The molecule has 1 aliphatic heterocycles. The topological polar surface area (TPSA) is 83.6 Å². The Kier molecular flexibility index (Phi) is 6.90. The number of hydrogen-bond acceptors (Lipinski definition) is 5. The molecule has 1 saturated heterocycles. The minimum absolute atomic E-state index is 0.143. The quantitative estimate of drug-likeness (QED) is 0.372. The summed E-state index contributed by atoms with van der Waals surface area (Å²) in [6.45, 7) is 1.51. The molecule has 2 aromatic carbocycles. The van der Waals surface area contributed by atoms with Gasteiger partial charge in [-0.25, -0.2) is 14.2 Å². The number of carbonyl (C=O) groups excluding carboxylic acids is 1. The number of anilines is 1. The molecule has 184 valence electrons. The number of carbonyl (C=O) groups is 1. The average Bonchev–Trinajstić information content (AvgIpc) is 3.55. The minimum Gasteiger partial charge on any atom is -0.494 e. The first kappa shape index (κ1) is 23.5. The van der Waals surface area contributed by atoms with E-state index in [0.29, 0.717) is 32.1 Å². The van der Waals surface area contributed by atoms with Crippen molar-refractivity contribution in [1.29, 1.82) is 0 Å². The van der Waals surface area contributed by atoms with Gasteiger partial charge in [-0.1, -0.05) is 36.4 Å². The molecule has 8 nitrogen and oxygen atoms in total. The Morgan fingerprint density at radius 3 is 2.64 bits per heavy atom. The maximum absolute atomic E-state index is 13.9. The van der Waals surface area contributed by atoms with Gasteiger partial charge in [0.2, 0.25) is 0 Å². The van der Waals surface area contributed by atoms with Crippen LogP contribution in [0, 0.1) is 5.82 Å². The van der Waals surface area contributed by atoms with Gasteiger partial charge in [0, 0.05) is 30.1 Å². The Balaban J connectivity index is 1.35. The highest BCUT2D eigenvalue weighted by molar-refractivity contribution is 5.93. The molecular formula is C27H26FN5O3. The van der Waals surface area contributed by atoms with Crippen molar-refractivity contribution in [3.8, 4) is 16.9 Å². The summed E-state index contributed by atoms with van der Waals surface area (Å²) in [5.74, 6) is 0.254. The zero-order chi connectivity index (χ0) is 24.9. The molecule has 5 rings (SSSR count). The lowest BCUT2D eigenvalue weighted by molar-refractivity contribution is 0.0752. The van der Waals surface area contributed by atoms with Crippen LogP contribution >= 0.6 is 0 Å². The summed E-state index contributed by atoms with van der Waals surface area (Å²) in [7, 11) is 1.42. The molecule has 36 heavy (non-hydrogen) atoms. The molecule has 0 unspecified atom stereocenters. The van der Waals surface area contributed by atoms with Crippen molar-refractivity contribution < 1.29 is 18.7 Å². The molecule has 2 aromatic heterocycles. The molecule has 0 spiro atoms. The van der Waals surface area contributed by atoms with E-state index in [9.17, 15) is 9.18 Å². The predicted molar refractivity (Wildman–Crippen MR) is 133 cm³/mol. The van der Waals surface area contributed by atoms with E-state index in [4.69, 9.17) is 9.47 Å². The van der Waals surface area contributed by atoms with E-state index >= 15 is 0 Å². The van der Waals surface area contributed by atoms with Crippen molar-refractivity contribution in [2.75, 3.05) is 25.2 Å². The number of aromatic nitrogens is 3. The minimum atomic E-state index is -0.444. The first-order chi connectivity index (χ1) is 17.6. The van der Waals surface area contributed by atoms with Crippen molar-refractivity contribution in [2.24, 2.45) is 0 Å². The summed E-state index contributed by atoms with van der Waals surface area (Å²) in [4.78, 5) is 21.4. The first-order valence-electron chi connectivity index (χ1n) is 11.6. The highest BCUT2D eigenvalue weighted by atomic mass is 19.1. The second-order valence-corrected chi connectivity index (χ2v) is 8.54. The number of ether oxygens (including phenoxy) is 2. The van der Waals surface area contributed by atoms with Crippen molar-refractivity contribution in [2.45, 2.75) is 19.2 Å². The van der Waals surface area contributed by atoms with Gasteiger partial charge in [0.15, 0.2) is 11.6 Å². The number of rotatable bonds is 9. The van der Waals surface area contributed by atoms with E-state index in [1.807, 2.05) is 42.5 Å². The second-order valence-electron chi connectivity index (χ2n) is 8.54. The third-order valence-electron chi connectivity index (χ3n) is 6.16. The van der Waals surface area contributed by atoms with Gasteiger partial charge in [-0.2, -0.15) is 5.10 Å². The lowest BCUT2D eigenvalue weighted by Crippen LogP contribution is -2.37. The zero-order valence-electron chi connectivity index (χ0n) is 19.8. The Bertz CT molecular complexity index is 1300. The maximum Gasteiger partial charge on any atom is 0.326 e. The SMILES string of the molecule is COc1cc(CN2C(=O)N(c3ccc(-c4cn[nH]c4)cn3)C[C@H]2COCc2ccccc2)ccc1F. The number of nitrogens with zero attached hydrogens (tertiary/aromatic N) is 4. The summed E-state index contributed by atoms with van der Waals surface area (Å²) >= 11 is 0. The van der Waals surface area contributed by atoms with Gasteiger partial charge in [0.25, 0.3) is 0 Å². The fraction of sp³-hybridized carbons (Fsp3) is 0.222. The van der Waals surface area contributed by atoms with E-state index in [-0.39, 0.29) is 17.8 Å². The number of methoxy groups -OCH3 is 1. The lowest BCUT2D eigenvalue weighted by Gasteiger charge is -2.23. The highest BCUT2D eigenvalue weighted by Crippen LogP contribution is 2.28. The molecule has 0 radical (unpaired) electrons. The van der Waals surface area contributed by atoms with E-state index in [1.54, 1.807) is 40.5 Å². The van der Waals surface area contributed by atoms with Crippen LogP contribution < -0.4 is 9.64 Å². The number of aromatic amines is 1. The number of pyridine rings is 1. The van der Waals surface area contributed by atoms with Crippen molar-refractivity contribution >= 4 is 11.8 Å². The third kappa shape index (κ3) is 5.06. The van der Waals surface area contributed by atoms with E-state index in [1.165, 1.54) is 13.2 Å². The monoisotopic (exact) mass is 487 g/mol. The molecule has 9 heteroatoms. The van der Waals surface area contributed by atoms with Crippen LogP contribution in [0.1, 0.15) is 11.1 Å². The largest absolute Gasteiger partial charge is 0.494 e. The molecule has 3 heterocycles. The van der Waals surface area contributed by atoms with Gasteiger partial charge in [0.05, 0.1) is 39.1 Å². The number of nitrogens with one attached hydrogen (secondary N) is 1. The van der Waals surface area contributed by atoms with Crippen molar-refractivity contribution in [3.63, 3.8) is 0 Å². The Labute approximate surface area is 208 Å². The predicted octanol–water partition coefficient (Wildman–Crippen LogP) is 4.65. The zero-order valence-corrected chi connectivity index (χ0v) is 19.8. The fourth-order valence-electron chi connectivity index (χ4n) is 4.24. The number of halogens is 1. The molecule has 1 atom stereocenters. The summed E-state index contributed by atoms with van der Waals surface area (Å²) in [6.07, 6.45) is 5.23. The number of H-pyrrole nitrogens is 1. The Morgan fingerprint density at radius 1 is 1.06 bits per heavy atom. The van der Waals surface area contributed by atoms with Crippen LogP contribution in [0.4, 0.5) is 15.0 Å². The molecule has 1 aliphatic rings. The molecule has 1 fully saturated rings. The van der Waals surface area contributed by atoms with Crippen LogP contribution in [-0.2, 0) is 17.9 Å². The molecule has 1 N–H and O–H groups in total. The van der Waals surface area contributed by atoms with E-state index in [2.05, 4.69) is 15.2 Å². The Morgan fingerprint density at radius 2 is 1.92 bits per heavy atom. The van der Waals surface area contributed by atoms with Gasteiger partial charge in [-0.3, -0.25) is 10.00 Å². The van der Waals surface area contributed by atoms with E-state index < -0.39 is 5.82 Å². The van der Waals surface area contributed by atoms with Crippen LogP contribution in [0.5, 0.6) is 5.75 Å². The summed E-state index contributed by atoms with van der Waals surface area (Å²) in [5, 5.41) is 6.76. The van der Waals surface area contributed by atoms with Crippen LogP contribution in [0.25, 0.3) is 11.1 Å². The standard InChI is InChI=1S/C27H26FN5O3/c1-35-25-11-20(7-9-24(25)28)15-32-23(18-36-17-19-5-3-2-4-6-19)16-33(27(32)34)26-10-8-21(12-29-26)22-13-30-31-14-22/h2-14,23H,15-18H2,1H3,(H,30,31)/t23-/m0/s1. The molecule has 4 aromatic rings. The van der Waals surface area contributed by atoms with E-state index in [0.717, 1.165) is 22.3 Å². The smallest absolute Gasteiger partial charge is 0.326 e. The molecule has 0 bridgehead atoms. The molecule has 0 saturated carbocycles. The average molecular weight is 488 g/mol. The van der Waals surface area contributed by atoms with Gasteiger partial charge in [-0.05, 0) is 35.4 Å². The highest BCUT2D eigenvalue weighted by Gasteiger charge is 2.38. The number of benzene rings is 2. The summed E-state index contributed by atoms with van der Waals surface area (Å²) < 4.78 is 25.1. The van der Waals surface area contributed by atoms with Gasteiger partial charge in [-0.15, -0.1) is 0 Å². The van der Waals surface area contributed by atoms with Crippen molar-refractivity contribution in [3.05, 3.63) is 96.2 Å².